The first-order valence-corrected chi connectivity index (χ1v) is 8.81. The number of anilines is 1. The number of carbonyl (C=O) groups excluding carboxylic acids is 3. The van der Waals surface area contributed by atoms with Crippen LogP contribution in [0.4, 0.5) is 5.69 Å². The number of benzene rings is 2. The molecule has 0 bridgehead atoms. The van der Waals surface area contributed by atoms with Gasteiger partial charge in [0.05, 0.1) is 15.7 Å². The van der Waals surface area contributed by atoms with E-state index in [0.717, 1.165) is 5.56 Å². The molecule has 2 aromatic rings. The number of hydrogen-bond donors (Lipinski definition) is 2. The highest BCUT2D eigenvalue weighted by atomic mass is 35.5. The van der Waals surface area contributed by atoms with Crippen molar-refractivity contribution in [3.63, 3.8) is 0 Å². The van der Waals surface area contributed by atoms with Crippen LogP contribution < -0.4 is 10.6 Å². The number of hydrogen-bond acceptors (Lipinski definition) is 4. The summed E-state index contributed by atoms with van der Waals surface area (Å²) in [7, 11) is 0. The Bertz CT molecular complexity index is 871. The van der Waals surface area contributed by atoms with E-state index in [-0.39, 0.29) is 5.02 Å². The maximum Gasteiger partial charge on any atom is 0.328 e. The van der Waals surface area contributed by atoms with Crippen molar-refractivity contribution >= 4 is 46.7 Å². The number of halogens is 2. The highest BCUT2D eigenvalue weighted by Gasteiger charge is 2.19. The van der Waals surface area contributed by atoms with Gasteiger partial charge in [0.2, 0.25) is 0 Å². The number of amides is 2. The second kappa shape index (κ2) is 9.39. The molecule has 2 rings (SSSR count). The minimum Gasteiger partial charge on any atom is -0.454 e. The van der Waals surface area contributed by atoms with Crippen LogP contribution in [0.2, 0.25) is 10.0 Å². The number of rotatable bonds is 6. The van der Waals surface area contributed by atoms with Gasteiger partial charge >= 0.3 is 5.97 Å². The van der Waals surface area contributed by atoms with Gasteiger partial charge in [0.25, 0.3) is 11.8 Å². The lowest BCUT2D eigenvalue weighted by atomic mass is 10.1. The lowest BCUT2D eigenvalue weighted by molar-refractivity contribution is -0.148. The summed E-state index contributed by atoms with van der Waals surface area (Å²) in [4.78, 5) is 36.0. The molecule has 0 aliphatic heterocycles. The molecule has 0 aromatic heterocycles. The minimum absolute atomic E-state index is 0.192. The molecule has 2 aromatic carbocycles. The molecule has 0 aliphatic rings. The number of aryl methyl sites for hydroxylation is 1. The van der Waals surface area contributed by atoms with Gasteiger partial charge in [-0.25, -0.2) is 4.79 Å². The summed E-state index contributed by atoms with van der Waals surface area (Å²) >= 11 is 11.8. The fourth-order valence-electron chi connectivity index (χ4n) is 2.17. The topological polar surface area (TPSA) is 84.5 Å². The fraction of sp³-hybridized carbons (Fsp3) is 0.211. The molecule has 0 unspecified atom stereocenters. The first-order valence-electron chi connectivity index (χ1n) is 8.06. The first kappa shape index (κ1) is 20.7. The van der Waals surface area contributed by atoms with Crippen LogP contribution in [0.25, 0.3) is 0 Å². The summed E-state index contributed by atoms with van der Waals surface area (Å²) < 4.78 is 4.93. The van der Waals surface area contributed by atoms with E-state index in [2.05, 4.69) is 10.6 Å². The van der Waals surface area contributed by atoms with Crippen LogP contribution in [0.3, 0.4) is 0 Å². The van der Waals surface area contributed by atoms with Crippen molar-refractivity contribution in [2.75, 3.05) is 11.9 Å². The van der Waals surface area contributed by atoms with E-state index in [1.54, 1.807) is 36.4 Å². The molecule has 2 N–H and O–H groups in total. The van der Waals surface area contributed by atoms with Gasteiger partial charge in [0.15, 0.2) is 6.61 Å². The van der Waals surface area contributed by atoms with Crippen LogP contribution in [-0.2, 0) is 14.3 Å². The Balaban J connectivity index is 1.84. The van der Waals surface area contributed by atoms with Gasteiger partial charge in [-0.1, -0.05) is 47.0 Å². The predicted molar refractivity (Wildman–Crippen MR) is 104 cm³/mol. The largest absolute Gasteiger partial charge is 0.454 e. The number of nitrogens with one attached hydrogen (secondary N) is 2. The fourth-order valence-corrected chi connectivity index (χ4v) is 2.52. The first-order chi connectivity index (χ1) is 12.8. The second-order valence-electron chi connectivity index (χ2n) is 5.82. The van der Waals surface area contributed by atoms with E-state index in [4.69, 9.17) is 27.9 Å². The average molecular weight is 409 g/mol. The Morgan fingerprint density at radius 2 is 1.81 bits per heavy atom. The van der Waals surface area contributed by atoms with Crippen LogP contribution in [-0.4, -0.2) is 30.4 Å². The Labute approximate surface area is 166 Å². The molecular formula is C19H18Cl2N2O4. The van der Waals surface area contributed by atoms with Gasteiger partial charge in [-0.05, 0) is 38.1 Å². The van der Waals surface area contributed by atoms with Crippen LogP contribution in [0, 0.1) is 6.92 Å². The zero-order chi connectivity index (χ0) is 20.0. The van der Waals surface area contributed by atoms with E-state index < -0.39 is 30.4 Å². The molecule has 0 spiro atoms. The normalized spacial score (nSPS) is 11.4. The van der Waals surface area contributed by atoms with Crippen LogP contribution in [0.15, 0.2) is 42.5 Å². The highest BCUT2D eigenvalue weighted by Crippen LogP contribution is 2.29. The molecule has 0 heterocycles. The molecule has 1 atom stereocenters. The molecule has 0 saturated heterocycles. The average Bonchev–Trinajstić information content (AvgIpc) is 2.63. The third kappa shape index (κ3) is 5.98. The van der Waals surface area contributed by atoms with Gasteiger partial charge < -0.3 is 15.4 Å². The molecule has 0 saturated carbocycles. The van der Waals surface area contributed by atoms with Crippen molar-refractivity contribution in [3.8, 4) is 0 Å². The Morgan fingerprint density at radius 3 is 2.52 bits per heavy atom. The van der Waals surface area contributed by atoms with Crippen molar-refractivity contribution in [1.82, 2.24) is 5.32 Å². The molecule has 2 amide bonds. The zero-order valence-corrected chi connectivity index (χ0v) is 16.2. The summed E-state index contributed by atoms with van der Waals surface area (Å²) in [6.07, 6.45) is 0. The van der Waals surface area contributed by atoms with Gasteiger partial charge in [-0.3, -0.25) is 9.59 Å². The molecule has 0 aliphatic carbocycles. The molecule has 142 valence electrons. The van der Waals surface area contributed by atoms with Crippen molar-refractivity contribution in [3.05, 3.63) is 63.6 Å². The lowest BCUT2D eigenvalue weighted by Gasteiger charge is -2.14. The number of ether oxygens (including phenoxy) is 1. The van der Waals surface area contributed by atoms with Crippen LogP contribution in [0.5, 0.6) is 0 Å². The molecule has 27 heavy (non-hydrogen) atoms. The van der Waals surface area contributed by atoms with E-state index in [9.17, 15) is 14.4 Å². The molecule has 0 radical (unpaired) electrons. The number of esters is 1. The second-order valence-corrected chi connectivity index (χ2v) is 6.61. The van der Waals surface area contributed by atoms with Crippen molar-refractivity contribution in [2.24, 2.45) is 0 Å². The van der Waals surface area contributed by atoms with Crippen molar-refractivity contribution in [2.45, 2.75) is 19.9 Å². The maximum atomic E-state index is 12.1. The Hall–Kier alpha value is -2.57. The summed E-state index contributed by atoms with van der Waals surface area (Å²) in [6.45, 7) is 2.81. The van der Waals surface area contributed by atoms with Crippen molar-refractivity contribution in [1.29, 1.82) is 0 Å². The Morgan fingerprint density at radius 1 is 1.11 bits per heavy atom. The monoisotopic (exact) mass is 408 g/mol. The molecular weight excluding hydrogens is 391 g/mol. The highest BCUT2D eigenvalue weighted by molar-refractivity contribution is 6.44. The smallest absolute Gasteiger partial charge is 0.328 e. The van der Waals surface area contributed by atoms with Crippen LogP contribution >= 0.6 is 23.2 Å². The number of carbonyl (C=O) groups is 3. The SMILES string of the molecule is Cc1cccc(C(=O)N[C@@H](C)C(=O)OCC(=O)Nc2cccc(Cl)c2Cl)c1. The standard InChI is InChI=1S/C19H18Cl2N2O4/c1-11-5-3-6-13(9-11)18(25)22-12(2)19(26)27-10-16(24)23-15-8-4-7-14(20)17(15)21/h3-9,12H,10H2,1-2H3,(H,22,25)(H,23,24)/t12-/m0/s1. The van der Waals surface area contributed by atoms with E-state index in [1.807, 2.05) is 13.0 Å². The molecule has 8 heteroatoms. The lowest BCUT2D eigenvalue weighted by Crippen LogP contribution is -2.40. The van der Waals surface area contributed by atoms with E-state index >= 15 is 0 Å². The van der Waals surface area contributed by atoms with Gasteiger partial charge in [-0.15, -0.1) is 0 Å². The van der Waals surface area contributed by atoms with Crippen LogP contribution in [0.1, 0.15) is 22.8 Å². The summed E-state index contributed by atoms with van der Waals surface area (Å²) in [5, 5.41) is 5.51. The summed E-state index contributed by atoms with van der Waals surface area (Å²) in [5.41, 5.74) is 1.67. The summed E-state index contributed by atoms with van der Waals surface area (Å²) in [6, 6.07) is 10.8. The third-order valence-corrected chi connectivity index (χ3v) is 4.37. The predicted octanol–water partition coefficient (Wildman–Crippen LogP) is 3.60. The van der Waals surface area contributed by atoms with Gasteiger partial charge in [-0.2, -0.15) is 0 Å². The maximum absolute atomic E-state index is 12.1. The van der Waals surface area contributed by atoms with E-state index in [0.29, 0.717) is 16.3 Å². The molecule has 6 nitrogen and oxygen atoms in total. The van der Waals surface area contributed by atoms with E-state index in [1.165, 1.54) is 6.92 Å². The minimum atomic E-state index is -0.916. The van der Waals surface area contributed by atoms with Gasteiger partial charge in [0.1, 0.15) is 6.04 Å². The zero-order valence-electron chi connectivity index (χ0n) is 14.7. The quantitative estimate of drug-likeness (QED) is 0.714. The van der Waals surface area contributed by atoms with Crippen molar-refractivity contribution < 1.29 is 19.1 Å². The molecule has 0 fully saturated rings. The Kier molecular flexibility index (Phi) is 7.21. The van der Waals surface area contributed by atoms with Gasteiger partial charge in [0, 0.05) is 5.56 Å². The third-order valence-electron chi connectivity index (χ3n) is 3.55. The summed E-state index contributed by atoms with van der Waals surface area (Å²) in [5.74, 6) is -1.72.